The molecule has 3 atom stereocenters. The molecule has 3 rings (SSSR count). The zero-order valence-electron chi connectivity index (χ0n) is 13.7. The second-order valence-corrected chi connectivity index (χ2v) is 7.05. The van der Waals surface area contributed by atoms with E-state index in [1.807, 2.05) is 13.8 Å². The molecule has 1 aliphatic heterocycles. The van der Waals surface area contributed by atoms with Gasteiger partial charge in [-0.25, -0.2) is 9.97 Å². The second-order valence-electron chi connectivity index (χ2n) is 6.70. The van der Waals surface area contributed by atoms with E-state index in [2.05, 4.69) is 9.97 Å². The van der Waals surface area contributed by atoms with Crippen molar-refractivity contribution < 1.29 is 9.53 Å². The normalized spacial score (nSPS) is 32.9. The second kappa shape index (κ2) is 5.32. The Morgan fingerprint density at radius 1 is 1.48 bits per heavy atom. The molecule has 1 aromatic heterocycles. The summed E-state index contributed by atoms with van der Waals surface area (Å²) in [7, 11) is 12.9. The number of nitrogens with zero attached hydrogens (tertiary/aromatic N) is 2. The Labute approximate surface area is 144 Å². The van der Waals surface area contributed by atoms with Crippen LogP contribution in [0.4, 0.5) is 0 Å². The Balaban J connectivity index is 2.28. The van der Waals surface area contributed by atoms with Crippen molar-refractivity contribution in [2.75, 3.05) is 6.61 Å². The average Bonchev–Trinajstić information content (AvgIpc) is 2.88. The standard InChI is InChI=1S/C16H19B2ClN2O2/c1-4-9(2)12(22)15(11-10(3)20-8-21-13(11)19)14(16(15,17)18)6-5-7-23-14/h8-9H,4-7H2,1-3H3. The van der Waals surface area contributed by atoms with Gasteiger partial charge in [0.2, 0.25) is 0 Å². The summed E-state index contributed by atoms with van der Waals surface area (Å²) >= 11 is 6.36. The zero-order chi connectivity index (χ0) is 17.0. The number of hydrogen-bond donors (Lipinski definition) is 0. The molecule has 4 radical (unpaired) electrons. The van der Waals surface area contributed by atoms with E-state index in [9.17, 15) is 4.79 Å². The lowest BCUT2D eigenvalue weighted by Gasteiger charge is -2.26. The van der Waals surface area contributed by atoms with Gasteiger partial charge in [-0.2, -0.15) is 0 Å². The minimum atomic E-state index is -1.31. The maximum Gasteiger partial charge on any atom is 0.148 e. The van der Waals surface area contributed by atoms with Crippen LogP contribution < -0.4 is 0 Å². The third kappa shape index (κ3) is 1.82. The Morgan fingerprint density at radius 3 is 2.70 bits per heavy atom. The molecule has 0 amide bonds. The number of carbonyl (C=O) groups excluding carboxylic acids is 1. The maximum absolute atomic E-state index is 13.4. The van der Waals surface area contributed by atoms with Gasteiger partial charge in [-0.1, -0.05) is 30.7 Å². The third-order valence-corrected chi connectivity index (χ3v) is 5.94. The molecule has 1 saturated heterocycles. The van der Waals surface area contributed by atoms with E-state index < -0.39 is 16.2 Å². The van der Waals surface area contributed by atoms with Crippen molar-refractivity contribution in [2.45, 2.75) is 56.3 Å². The van der Waals surface area contributed by atoms with Crippen molar-refractivity contribution in [3.63, 3.8) is 0 Å². The molecule has 23 heavy (non-hydrogen) atoms. The van der Waals surface area contributed by atoms with Crippen molar-refractivity contribution in [3.8, 4) is 0 Å². The first-order valence-electron chi connectivity index (χ1n) is 8.01. The largest absolute Gasteiger partial charge is 0.375 e. The molecule has 0 N–H and O–H groups in total. The van der Waals surface area contributed by atoms with E-state index in [4.69, 9.17) is 32.0 Å². The molecular weight excluding hydrogens is 309 g/mol. The van der Waals surface area contributed by atoms with Crippen LogP contribution >= 0.6 is 11.6 Å². The number of carbonyl (C=O) groups is 1. The van der Waals surface area contributed by atoms with Crippen LogP contribution in [0.2, 0.25) is 10.4 Å². The number of halogens is 1. The van der Waals surface area contributed by atoms with E-state index >= 15 is 0 Å². The molecule has 0 bridgehead atoms. The van der Waals surface area contributed by atoms with Gasteiger partial charge in [-0.15, -0.1) is 0 Å². The summed E-state index contributed by atoms with van der Waals surface area (Å²) in [4.78, 5) is 21.7. The minimum absolute atomic E-state index is 0.0355. The first-order valence-corrected chi connectivity index (χ1v) is 8.39. The highest BCUT2D eigenvalue weighted by Crippen LogP contribution is 2.80. The van der Waals surface area contributed by atoms with Crippen LogP contribution in [0.5, 0.6) is 0 Å². The quantitative estimate of drug-likeness (QED) is 0.629. The van der Waals surface area contributed by atoms with Crippen molar-refractivity contribution in [1.29, 1.82) is 0 Å². The molecule has 1 aliphatic carbocycles. The summed E-state index contributed by atoms with van der Waals surface area (Å²) in [6.45, 7) is 6.18. The van der Waals surface area contributed by atoms with Crippen molar-refractivity contribution in [3.05, 3.63) is 22.7 Å². The Morgan fingerprint density at radius 2 is 2.17 bits per heavy atom. The molecule has 2 fully saturated rings. The summed E-state index contributed by atoms with van der Waals surface area (Å²) in [5.41, 5.74) is -0.957. The van der Waals surface area contributed by atoms with Crippen molar-refractivity contribution in [2.24, 2.45) is 5.92 Å². The highest BCUT2D eigenvalue weighted by Gasteiger charge is 2.87. The van der Waals surface area contributed by atoms with Gasteiger partial charge in [0.05, 0.1) is 26.7 Å². The smallest absolute Gasteiger partial charge is 0.148 e. The zero-order valence-corrected chi connectivity index (χ0v) is 14.5. The molecule has 2 aliphatic rings. The lowest BCUT2D eigenvalue weighted by molar-refractivity contribution is -0.127. The summed E-state index contributed by atoms with van der Waals surface area (Å²) in [6, 6.07) is 0. The third-order valence-electron chi connectivity index (χ3n) is 5.65. The fourth-order valence-electron chi connectivity index (χ4n) is 4.27. The summed E-state index contributed by atoms with van der Waals surface area (Å²) in [5, 5.41) is -1.09. The van der Waals surface area contributed by atoms with Crippen molar-refractivity contribution >= 4 is 33.1 Å². The molecule has 1 spiro atoms. The number of aromatic nitrogens is 2. The number of aryl methyl sites for hydroxylation is 1. The van der Waals surface area contributed by atoms with Crippen LogP contribution in [0.25, 0.3) is 0 Å². The predicted octanol–water partition coefficient (Wildman–Crippen LogP) is 2.31. The van der Waals surface area contributed by atoms with Gasteiger partial charge in [0.25, 0.3) is 0 Å². The number of ketones is 1. The van der Waals surface area contributed by atoms with Crippen molar-refractivity contribution in [1.82, 2.24) is 9.97 Å². The van der Waals surface area contributed by atoms with Crippen LogP contribution in [0.15, 0.2) is 6.33 Å². The molecule has 3 unspecified atom stereocenters. The lowest BCUT2D eigenvalue weighted by Crippen LogP contribution is -2.37. The predicted molar refractivity (Wildman–Crippen MR) is 90.0 cm³/mol. The molecule has 1 aromatic rings. The van der Waals surface area contributed by atoms with Gasteiger partial charge in [0.1, 0.15) is 17.3 Å². The van der Waals surface area contributed by atoms with Crippen LogP contribution in [-0.2, 0) is 14.9 Å². The van der Waals surface area contributed by atoms with Gasteiger partial charge in [0.15, 0.2) is 0 Å². The molecule has 118 valence electrons. The van der Waals surface area contributed by atoms with E-state index in [0.29, 0.717) is 30.7 Å². The van der Waals surface area contributed by atoms with E-state index in [1.54, 1.807) is 6.92 Å². The number of ether oxygens (including phenoxy) is 1. The average molecular weight is 328 g/mol. The van der Waals surface area contributed by atoms with Crippen LogP contribution in [0.3, 0.4) is 0 Å². The van der Waals surface area contributed by atoms with Gasteiger partial charge >= 0.3 is 0 Å². The maximum atomic E-state index is 13.4. The van der Waals surface area contributed by atoms with E-state index in [-0.39, 0.29) is 16.9 Å². The monoisotopic (exact) mass is 328 g/mol. The summed E-state index contributed by atoms with van der Waals surface area (Å²) in [6.07, 6.45) is 3.52. The number of Topliss-reactive ketones (excluding diaryl/α,β-unsaturated/α-hetero) is 1. The molecule has 0 aromatic carbocycles. The SMILES string of the molecule is [B]C1([B])C2(CCCO2)C1(C(=O)C(C)CC)c1c(C)ncnc1Cl. The summed E-state index contributed by atoms with van der Waals surface area (Å²) < 4.78 is 5.98. The first-order chi connectivity index (χ1) is 10.8. The fraction of sp³-hybridized carbons (Fsp3) is 0.688. The molecule has 2 heterocycles. The van der Waals surface area contributed by atoms with Crippen LogP contribution in [-0.4, -0.2) is 43.7 Å². The Bertz CT molecular complexity index is 641. The van der Waals surface area contributed by atoms with Crippen LogP contribution in [0.1, 0.15) is 44.4 Å². The molecule has 7 heteroatoms. The van der Waals surface area contributed by atoms with Crippen LogP contribution in [0, 0.1) is 12.8 Å². The van der Waals surface area contributed by atoms with E-state index in [0.717, 1.165) is 6.42 Å². The molecular formula is C16H19B2ClN2O2. The molecule has 4 nitrogen and oxygen atoms in total. The Kier molecular flexibility index (Phi) is 3.92. The minimum Gasteiger partial charge on any atom is -0.375 e. The van der Waals surface area contributed by atoms with E-state index in [1.165, 1.54) is 6.33 Å². The number of hydrogen-bond acceptors (Lipinski definition) is 4. The lowest BCUT2D eigenvalue weighted by atomic mass is 9.57. The van der Waals surface area contributed by atoms with Gasteiger partial charge < -0.3 is 4.74 Å². The highest BCUT2D eigenvalue weighted by molar-refractivity contribution is 6.49. The topological polar surface area (TPSA) is 52.1 Å². The summed E-state index contributed by atoms with van der Waals surface area (Å²) in [5.74, 6) is -0.243. The first kappa shape index (κ1) is 17.0. The molecule has 1 saturated carbocycles. The van der Waals surface area contributed by atoms with Gasteiger partial charge in [0, 0.05) is 23.8 Å². The van der Waals surface area contributed by atoms with Gasteiger partial charge in [-0.3, -0.25) is 4.79 Å². The number of rotatable bonds is 4. The fourth-order valence-corrected chi connectivity index (χ4v) is 4.59. The van der Waals surface area contributed by atoms with Gasteiger partial charge in [-0.05, 0) is 26.2 Å². The highest BCUT2D eigenvalue weighted by atomic mass is 35.5. The Hall–Kier alpha value is -0.870.